The summed E-state index contributed by atoms with van der Waals surface area (Å²) in [6, 6.07) is 8.35. The Kier molecular flexibility index (Phi) is 7.61. The van der Waals surface area contributed by atoms with Gasteiger partial charge in [0.2, 0.25) is 0 Å². The quantitative estimate of drug-likeness (QED) is 0.397. The van der Waals surface area contributed by atoms with E-state index in [-0.39, 0.29) is 24.9 Å². The maximum absolute atomic E-state index is 14.3. The Morgan fingerprint density at radius 1 is 0.971 bits per heavy atom. The van der Waals surface area contributed by atoms with Crippen molar-refractivity contribution in [2.45, 2.75) is 12.7 Å². The van der Waals surface area contributed by atoms with Crippen LogP contribution < -0.4 is 4.90 Å². The lowest BCUT2D eigenvalue weighted by Crippen LogP contribution is -2.47. The molecule has 3 heterocycles. The molecule has 184 valence electrons. The molecule has 0 spiro atoms. The summed E-state index contributed by atoms with van der Waals surface area (Å²) < 4.78 is 53.1. The summed E-state index contributed by atoms with van der Waals surface area (Å²) >= 11 is 0. The van der Waals surface area contributed by atoms with Crippen molar-refractivity contribution < 1.29 is 22.7 Å². The van der Waals surface area contributed by atoms with Crippen LogP contribution in [0.2, 0.25) is 0 Å². The number of benzene rings is 1. The SMILES string of the molecule is OCCN1CCN(c2nc(N=NCc3ccc(-c4cccc(C(F)(F)F)c4)cn3)ncc2F)CC1. The first-order valence-electron chi connectivity index (χ1n) is 10.9. The smallest absolute Gasteiger partial charge is 0.395 e. The molecule has 0 radical (unpaired) electrons. The van der Waals surface area contributed by atoms with Gasteiger partial charge in [-0.15, -0.1) is 5.11 Å². The molecule has 0 saturated carbocycles. The molecule has 8 nitrogen and oxygen atoms in total. The maximum Gasteiger partial charge on any atom is 0.416 e. The predicted octanol–water partition coefficient (Wildman–Crippen LogP) is 4.09. The zero-order chi connectivity index (χ0) is 24.8. The van der Waals surface area contributed by atoms with Gasteiger partial charge in [-0.2, -0.15) is 23.3 Å². The van der Waals surface area contributed by atoms with Gasteiger partial charge in [0.25, 0.3) is 5.95 Å². The molecular formula is C23H23F4N7O. The molecule has 0 atom stereocenters. The van der Waals surface area contributed by atoms with Gasteiger partial charge in [0, 0.05) is 44.5 Å². The van der Waals surface area contributed by atoms with E-state index < -0.39 is 17.6 Å². The first-order chi connectivity index (χ1) is 16.8. The van der Waals surface area contributed by atoms with Crippen molar-refractivity contribution in [3.8, 4) is 11.1 Å². The number of alkyl halides is 3. The number of aromatic nitrogens is 3. The number of halogens is 4. The van der Waals surface area contributed by atoms with E-state index in [1.54, 1.807) is 23.1 Å². The van der Waals surface area contributed by atoms with Crippen molar-refractivity contribution in [3.05, 3.63) is 65.9 Å². The number of piperazine rings is 1. The Hall–Kier alpha value is -3.51. The van der Waals surface area contributed by atoms with Gasteiger partial charge >= 0.3 is 6.18 Å². The number of hydrogen-bond donors (Lipinski definition) is 1. The molecule has 1 fully saturated rings. The number of rotatable bonds is 7. The Morgan fingerprint density at radius 3 is 2.46 bits per heavy atom. The molecule has 2 aromatic heterocycles. The molecule has 12 heteroatoms. The number of nitrogens with zero attached hydrogens (tertiary/aromatic N) is 7. The van der Waals surface area contributed by atoms with Gasteiger partial charge in [-0.3, -0.25) is 9.88 Å². The summed E-state index contributed by atoms with van der Waals surface area (Å²) in [6.45, 7) is 3.24. The van der Waals surface area contributed by atoms with Gasteiger partial charge in [-0.05, 0) is 23.8 Å². The topological polar surface area (TPSA) is 90.1 Å². The van der Waals surface area contributed by atoms with E-state index in [2.05, 4.69) is 30.1 Å². The van der Waals surface area contributed by atoms with Gasteiger partial charge in [0.1, 0.15) is 6.54 Å². The lowest BCUT2D eigenvalue weighted by atomic mass is 10.0. The molecular weight excluding hydrogens is 466 g/mol. The zero-order valence-corrected chi connectivity index (χ0v) is 18.7. The van der Waals surface area contributed by atoms with Crippen molar-refractivity contribution in [2.75, 3.05) is 44.2 Å². The molecule has 0 unspecified atom stereocenters. The molecule has 1 N–H and O–H groups in total. The number of hydrogen-bond acceptors (Lipinski definition) is 8. The molecule has 0 bridgehead atoms. The fraction of sp³-hybridized carbons (Fsp3) is 0.348. The summed E-state index contributed by atoms with van der Waals surface area (Å²) in [5.41, 5.74) is 0.776. The lowest BCUT2D eigenvalue weighted by Gasteiger charge is -2.35. The van der Waals surface area contributed by atoms with Crippen LogP contribution in [0.4, 0.5) is 29.3 Å². The summed E-state index contributed by atoms with van der Waals surface area (Å²) in [7, 11) is 0. The normalized spacial score (nSPS) is 15.2. The third kappa shape index (κ3) is 6.34. The van der Waals surface area contributed by atoms with Crippen LogP contribution in [-0.2, 0) is 12.7 Å². The molecule has 1 aliphatic rings. The minimum absolute atomic E-state index is 0.0137. The summed E-state index contributed by atoms with van der Waals surface area (Å²) in [5, 5.41) is 17.0. The first-order valence-corrected chi connectivity index (χ1v) is 10.9. The van der Waals surface area contributed by atoms with Crippen LogP contribution in [0.5, 0.6) is 0 Å². The highest BCUT2D eigenvalue weighted by Crippen LogP contribution is 2.32. The molecule has 1 saturated heterocycles. The van der Waals surface area contributed by atoms with Gasteiger partial charge in [-0.25, -0.2) is 9.37 Å². The van der Waals surface area contributed by atoms with Gasteiger partial charge in [-0.1, -0.05) is 18.2 Å². The van der Waals surface area contributed by atoms with Crippen LogP contribution in [0.3, 0.4) is 0 Å². The van der Waals surface area contributed by atoms with Crippen LogP contribution in [-0.4, -0.2) is 64.3 Å². The number of azo groups is 1. The van der Waals surface area contributed by atoms with Crippen molar-refractivity contribution in [1.29, 1.82) is 0 Å². The maximum atomic E-state index is 14.3. The van der Waals surface area contributed by atoms with Gasteiger partial charge in [0.15, 0.2) is 11.6 Å². The van der Waals surface area contributed by atoms with Crippen molar-refractivity contribution in [2.24, 2.45) is 10.2 Å². The summed E-state index contributed by atoms with van der Waals surface area (Å²) in [4.78, 5) is 16.2. The Morgan fingerprint density at radius 2 is 1.77 bits per heavy atom. The number of anilines is 1. The lowest BCUT2D eigenvalue weighted by molar-refractivity contribution is -0.137. The van der Waals surface area contributed by atoms with E-state index in [0.717, 1.165) is 18.3 Å². The zero-order valence-electron chi connectivity index (χ0n) is 18.7. The van der Waals surface area contributed by atoms with E-state index in [1.807, 2.05) is 0 Å². The number of aliphatic hydroxyl groups is 1. The average molecular weight is 489 g/mol. The molecule has 0 aliphatic carbocycles. The van der Waals surface area contributed by atoms with Crippen LogP contribution >= 0.6 is 0 Å². The second-order valence-electron chi connectivity index (χ2n) is 7.91. The second-order valence-corrected chi connectivity index (χ2v) is 7.91. The number of pyridine rings is 1. The van der Waals surface area contributed by atoms with Crippen LogP contribution in [0, 0.1) is 5.82 Å². The minimum Gasteiger partial charge on any atom is -0.395 e. The molecule has 3 aromatic rings. The van der Waals surface area contributed by atoms with Crippen LogP contribution in [0.25, 0.3) is 11.1 Å². The van der Waals surface area contributed by atoms with E-state index in [4.69, 9.17) is 5.11 Å². The van der Waals surface area contributed by atoms with E-state index in [0.29, 0.717) is 49.5 Å². The predicted molar refractivity (Wildman–Crippen MR) is 121 cm³/mol. The number of aliphatic hydroxyl groups excluding tert-OH is 1. The standard InChI is InChI=1S/C23H23F4N7O/c24-20-15-29-22(31-21(20)34-8-6-33(7-9-34)10-11-35)32-30-14-19-5-4-17(13-28-19)16-2-1-3-18(12-16)23(25,26)27/h1-5,12-13,15,35H,6-11,14H2. The molecule has 35 heavy (non-hydrogen) atoms. The van der Waals surface area contributed by atoms with Gasteiger partial charge < -0.3 is 10.0 Å². The van der Waals surface area contributed by atoms with E-state index in [1.165, 1.54) is 12.3 Å². The molecule has 1 aromatic carbocycles. The van der Waals surface area contributed by atoms with E-state index in [9.17, 15) is 17.6 Å². The van der Waals surface area contributed by atoms with Crippen molar-refractivity contribution in [3.63, 3.8) is 0 Å². The largest absolute Gasteiger partial charge is 0.416 e. The molecule has 1 aliphatic heterocycles. The summed E-state index contributed by atoms with van der Waals surface area (Å²) in [5.74, 6) is -0.382. The minimum atomic E-state index is -4.42. The third-order valence-electron chi connectivity index (χ3n) is 5.54. The Bertz CT molecular complexity index is 1160. The monoisotopic (exact) mass is 489 g/mol. The first kappa shape index (κ1) is 24.6. The van der Waals surface area contributed by atoms with Crippen LogP contribution in [0.15, 0.2) is 59.0 Å². The second kappa shape index (κ2) is 10.8. The van der Waals surface area contributed by atoms with Crippen molar-refractivity contribution in [1.82, 2.24) is 19.9 Å². The number of β-amino-alcohol motifs (C(OH)–C–C–N with tert-alkyl or cyclic N) is 1. The third-order valence-corrected chi connectivity index (χ3v) is 5.54. The summed E-state index contributed by atoms with van der Waals surface area (Å²) in [6.07, 6.45) is -1.89. The Balaban J connectivity index is 1.39. The average Bonchev–Trinajstić information content (AvgIpc) is 2.86. The highest BCUT2D eigenvalue weighted by atomic mass is 19.4. The fourth-order valence-corrected chi connectivity index (χ4v) is 3.68. The molecule has 0 amide bonds. The highest BCUT2D eigenvalue weighted by Gasteiger charge is 2.30. The molecule has 4 rings (SSSR count). The fourth-order valence-electron chi connectivity index (χ4n) is 3.68. The van der Waals surface area contributed by atoms with E-state index >= 15 is 0 Å². The van der Waals surface area contributed by atoms with Gasteiger partial charge in [0.05, 0.1) is 24.1 Å². The van der Waals surface area contributed by atoms with Crippen molar-refractivity contribution >= 4 is 11.8 Å². The highest BCUT2D eigenvalue weighted by molar-refractivity contribution is 5.63. The van der Waals surface area contributed by atoms with Crippen LogP contribution in [0.1, 0.15) is 11.3 Å². The Labute approximate surface area is 199 Å².